The number of phenolic OH excluding ortho intramolecular Hbond substituents is 1. The van der Waals surface area contributed by atoms with Crippen LogP contribution in [0.2, 0.25) is 0 Å². The number of rotatable bonds is 8. The van der Waals surface area contributed by atoms with Crippen molar-refractivity contribution < 1.29 is 38.5 Å². The molecule has 0 bridgehead atoms. The second-order valence-corrected chi connectivity index (χ2v) is 16.8. The quantitative estimate of drug-likeness (QED) is 0.154. The molecule has 0 radical (unpaired) electrons. The molecule has 1 N–H and O–H groups in total. The minimum atomic E-state index is -2.83. The van der Waals surface area contributed by atoms with E-state index in [0.717, 1.165) is 50.1 Å². The molecular formula is C55H54N3OPt-. The summed E-state index contributed by atoms with van der Waals surface area (Å²) in [5, 5.41) is 11.7. The van der Waals surface area contributed by atoms with E-state index in [1.54, 1.807) is 12.1 Å². The van der Waals surface area contributed by atoms with Crippen LogP contribution in [0.15, 0.2) is 127 Å². The van der Waals surface area contributed by atoms with E-state index in [-0.39, 0.29) is 37.8 Å². The molecule has 4 nitrogen and oxygen atoms in total. The maximum Gasteiger partial charge on any atom is 0.148 e. The van der Waals surface area contributed by atoms with Gasteiger partial charge >= 0.3 is 0 Å². The van der Waals surface area contributed by atoms with Crippen molar-refractivity contribution in [2.24, 2.45) is 0 Å². The molecule has 0 aliphatic heterocycles. The molecule has 306 valence electrons. The number of hydrogen-bond donors (Lipinski definition) is 1. The first-order chi connectivity index (χ1) is 31.7. The van der Waals surface area contributed by atoms with Crippen molar-refractivity contribution in [2.75, 3.05) is 0 Å². The summed E-state index contributed by atoms with van der Waals surface area (Å²) in [6.07, 6.45) is 1.53. The third kappa shape index (κ3) is 8.15. The van der Waals surface area contributed by atoms with Gasteiger partial charge in [0.2, 0.25) is 0 Å². The summed E-state index contributed by atoms with van der Waals surface area (Å²) >= 11 is 0. The van der Waals surface area contributed by atoms with Gasteiger partial charge in [0.1, 0.15) is 11.6 Å². The molecule has 8 rings (SSSR count). The van der Waals surface area contributed by atoms with Crippen LogP contribution in [0.3, 0.4) is 0 Å². The van der Waals surface area contributed by atoms with E-state index in [1.165, 1.54) is 6.20 Å². The minimum absolute atomic E-state index is 0. The molecule has 60 heavy (non-hydrogen) atoms. The first-order valence-corrected chi connectivity index (χ1v) is 19.9. The number of hydrogen-bond acceptors (Lipinski definition) is 3. The Morgan fingerprint density at radius 3 is 2.05 bits per heavy atom. The molecule has 0 amide bonds. The van der Waals surface area contributed by atoms with Gasteiger partial charge < -0.3 is 5.11 Å². The van der Waals surface area contributed by atoms with Gasteiger partial charge in [-0.1, -0.05) is 144 Å². The SMILES string of the molecule is [2H]c1c([2H])c(C([2H])([2H])[2H])c([2H])c([2H])c1-c1ccnc(-c2[c-]c(-c3cccc4c3nc(-c3cc(C)cc(C)c3O)n4-c3ccc(-c4c(C([2H])(C)C)cccc4C([2H])(C)C)cc3)cc(C(C)(C)C)c2)c1.[Pt]. The van der Waals surface area contributed by atoms with Gasteiger partial charge in [-0.2, -0.15) is 0 Å². The van der Waals surface area contributed by atoms with Crippen LogP contribution >= 0.6 is 0 Å². The molecular weight excluding hydrogens is 914 g/mol. The molecule has 0 aliphatic carbocycles. The van der Waals surface area contributed by atoms with Crippen LogP contribution in [0, 0.1) is 26.8 Å². The van der Waals surface area contributed by atoms with Gasteiger partial charge in [0.15, 0.2) is 0 Å². The van der Waals surface area contributed by atoms with E-state index in [9.17, 15) is 5.11 Å². The molecule has 0 atom stereocenters. The van der Waals surface area contributed by atoms with Gasteiger partial charge in [-0.3, -0.25) is 9.55 Å². The van der Waals surface area contributed by atoms with Gasteiger partial charge in [-0.05, 0) is 113 Å². The van der Waals surface area contributed by atoms with E-state index in [0.29, 0.717) is 44.9 Å². The van der Waals surface area contributed by atoms with Gasteiger partial charge in [-0.15, -0.1) is 29.3 Å². The second kappa shape index (κ2) is 16.8. The second-order valence-electron chi connectivity index (χ2n) is 16.8. The Labute approximate surface area is 383 Å². The number of nitrogens with zero attached hydrogens (tertiary/aromatic N) is 3. The molecule has 2 aromatic heterocycles. The number of pyridine rings is 1. The maximum atomic E-state index is 11.7. The largest absolute Gasteiger partial charge is 0.507 e. The van der Waals surface area contributed by atoms with E-state index in [4.69, 9.17) is 22.3 Å². The molecule has 0 aliphatic rings. The van der Waals surface area contributed by atoms with E-state index in [1.807, 2.05) is 125 Å². The summed E-state index contributed by atoms with van der Waals surface area (Å²) in [5.41, 5.74) is 10.7. The van der Waals surface area contributed by atoms with Crippen LogP contribution < -0.4 is 0 Å². The average Bonchev–Trinajstić information content (AvgIpc) is 3.65. The predicted molar refractivity (Wildman–Crippen MR) is 248 cm³/mol. The summed E-state index contributed by atoms with van der Waals surface area (Å²) in [7, 11) is 0. The van der Waals surface area contributed by atoms with Crippen LogP contribution in [0.5, 0.6) is 5.75 Å². The van der Waals surface area contributed by atoms with E-state index in [2.05, 4.69) is 32.9 Å². The molecule has 0 saturated heterocycles. The average molecular weight is 977 g/mol. The van der Waals surface area contributed by atoms with Crippen LogP contribution in [0.25, 0.3) is 72.7 Å². The Kier molecular flexibility index (Phi) is 9.04. The molecule has 0 unspecified atom stereocenters. The van der Waals surface area contributed by atoms with Crippen molar-refractivity contribution in [3.05, 3.63) is 167 Å². The van der Waals surface area contributed by atoms with E-state index >= 15 is 0 Å². The zero-order valence-electron chi connectivity index (χ0n) is 44.4. The smallest absolute Gasteiger partial charge is 0.148 e. The van der Waals surface area contributed by atoms with Crippen LogP contribution in [0.4, 0.5) is 0 Å². The molecule has 0 saturated carbocycles. The number of benzene rings is 6. The molecule has 8 aromatic rings. The first kappa shape index (κ1) is 32.2. The van der Waals surface area contributed by atoms with Crippen molar-refractivity contribution >= 4 is 11.0 Å². The standard InChI is InChI=1S/C55H54N3O.Pt/c1-33(2)45-13-11-14-46(34(3)4)51(45)39-21-23-44(24-22-39)58-50-16-12-15-47(52(50)57-54(58)48-28-36(6)27-37(7)53(48)59)41-29-42(31-43(30-41)55(8,9)10)49-32-40(25-26-56-49)38-19-17-35(5)18-20-38;/h11-28,30-34,59H,1-10H3;/q-1;/i5D3,17D,18D,19D,20D,33D,34D;. The monoisotopic (exact) mass is 976 g/mol. The summed E-state index contributed by atoms with van der Waals surface area (Å²) in [6.45, 7) is 14.8. The Hall–Kier alpha value is -5.57. The number of fused-ring (bicyclic) bond motifs is 1. The van der Waals surface area contributed by atoms with Crippen LogP contribution in [-0.2, 0) is 26.5 Å². The number of imidazole rings is 1. The van der Waals surface area contributed by atoms with Crippen molar-refractivity contribution in [3.8, 4) is 67.5 Å². The van der Waals surface area contributed by atoms with E-state index < -0.39 is 48.4 Å². The summed E-state index contributed by atoms with van der Waals surface area (Å²) in [6, 6.07) is 32.6. The summed E-state index contributed by atoms with van der Waals surface area (Å²) in [4.78, 5) is 10.1. The Morgan fingerprint density at radius 1 is 0.733 bits per heavy atom. The van der Waals surface area contributed by atoms with Crippen molar-refractivity contribution in [1.29, 1.82) is 0 Å². The number of aromatic hydroxyl groups is 1. The van der Waals surface area contributed by atoms with Gasteiger partial charge in [0.05, 0.1) is 22.1 Å². The molecule has 5 heteroatoms. The molecule has 0 spiro atoms. The Morgan fingerprint density at radius 2 is 1.40 bits per heavy atom. The molecule has 6 aromatic carbocycles. The van der Waals surface area contributed by atoms with Crippen molar-refractivity contribution in [1.82, 2.24) is 14.5 Å². The third-order valence-corrected chi connectivity index (χ3v) is 10.9. The number of aryl methyl sites for hydroxylation is 2. The summed E-state index contributed by atoms with van der Waals surface area (Å²) < 4.78 is 78.4. The summed E-state index contributed by atoms with van der Waals surface area (Å²) in [5.74, 6) is -1.21. The van der Waals surface area contributed by atoms with Crippen molar-refractivity contribution in [3.63, 3.8) is 0 Å². The zero-order chi connectivity index (χ0) is 49.6. The van der Waals surface area contributed by atoms with Gasteiger partial charge in [0, 0.05) is 45.5 Å². The third-order valence-electron chi connectivity index (χ3n) is 10.9. The molecule has 0 fully saturated rings. The normalized spacial score (nSPS) is 14.4. The Bertz CT molecular complexity index is 3240. The number of para-hydroxylation sites is 1. The van der Waals surface area contributed by atoms with Gasteiger partial charge in [0.25, 0.3) is 0 Å². The maximum absolute atomic E-state index is 11.7. The van der Waals surface area contributed by atoms with Crippen LogP contribution in [-0.4, -0.2) is 19.6 Å². The minimum Gasteiger partial charge on any atom is -0.507 e. The predicted octanol–water partition coefficient (Wildman–Crippen LogP) is 14.7. The molecule has 2 heterocycles. The first-order valence-electron chi connectivity index (χ1n) is 24.4. The fourth-order valence-corrected chi connectivity index (χ4v) is 7.84. The topological polar surface area (TPSA) is 50.9 Å². The number of phenols is 1. The fraction of sp³-hybridized carbons (Fsp3) is 0.236. The van der Waals surface area contributed by atoms with Gasteiger partial charge in [-0.25, -0.2) is 4.98 Å². The van der Waals surface area contributed by atoms with Crippen LogP contribution in [0.1, 0.15) is 106 Å². The zero-order valence-corrected chi connectivity index (χ0v) is 37.7. The fourth-order valence-electron chi connectivity index (χ4n) is 7.84. The Balaban J connectivity index is 0.00000703. The number of aromatic nitrogens is 3. The van der Waals surface area contributed by atoms with Crippen molar-refractivity contribution in [2.45, 2.75) is 86.4 Å².